The van der Waals surface area contributed by atoms with Crippen molar-refractivity contribution in [2.45, 2.75) is 32.5 Å². The number of aliphatic hydroxyl groups is 1. The lowest BCUT2D eigenvalue weighted by atomic mass is 10.1. The van der Waals surface area contributed by atoms with E-state index in [0.29, 0.717) is 12.6 Å². The van der Waals surface area contributed by atoms with E-state index in [4.69, 9.17) is 4.74 Å². The molecule has 1 aliphatic heterocycles. The smallest absolute Gasteiger partial charge is 0.123 e. The van der Waals surface area contributed by atoms with Gasteiger partial charge in [0, 0.05) is 50.9 Å². The van der Waals surface area contributed by atoms with E-state index in [0.717, 1.165) is 55.9 Å². The summed E-state index contributed by atoms with van der Waals surface area (Å²) in [5.74, 6) is 0.963. The van der Waals surface area contributed by atoms with Gasteiger partial charge >= 0.3 is 0 Å². The normalized spacial score (nSPS) is 18.3. The second-order valence-corrected chi connectivity index (χ2v) is 8.03. The van der Waals surface area contributed by atoms with Crippen LogP contribution in [0, 0.1) is 0 Å². The lowest BCUT2D eigenvalue weighted by Gasteiger charge is -2.41. The summed E-state index contributed by atoms with van der Waals surface area (Å²) in [6.07, 6.45) is 0.780. The Balaban J connectivity index is 1.43. The van der Waals surface area contributed by atoms with E-state index >= 15 is 0 Å². The number of nitrogens with zero attached hydrogens (tertiary/aromatic N) is 4. The van der Waals surface area contributed by atoms with Gasteiger partial charge in [0.15, 0.2) is 0 Å². The van der Waals surface area contributed by atoms with Crippen molar-refractivity contribution in [1.29, 1.82) is 0 Å². The Labute approximate surface area is 176 Å². The monoisotopic (exact) mass is 412 g/mol. The molecule has 1 N–H and O–H groups in total. The molecule has 6 nitrogen and oxygen atoms in total. The summed E-state index contributed by atoms with van der Waals surface area (Å²) in [5, 5.41) is 9.63. The molecule has 4 rings (SSSR count). The van der Waals surface area contributed by atoms with E-state index in [1.807, 2.05) is 19.1 Å². The molecule has 2 aromatic carbocycles. The van der Waals surface area contributed by atoms with E-state index in [1.54, 1.807) is 0 Å². The van der Waals surface area contributed by atoms with Crippen molar-refractivity contribution >= 4 is 22.8 Å². The average molecular weight is 413 g/mol. The molecule has 29 heavy (non-hydrogen) atoms. The van der Waals surface area contributed by atoms with Gasteiger partial charge in [-0.1, -0.05) is 24.3 Å². The lowest BCUT2D eigenvalue weighted by Crippen LogP contribution is -2.52. The third-order valence-corrected chi connectivity index (χ3v) is 6.08. The maximum Gasteiger partial charge on any atom is 0.123 e. The van der Waals surface area contributed by atoms with E-state index < -0.39 is 0 Å². The first-order valence-electron chi connectivity index (χ1n) is 10.3. The predicted molar refractivity (Wildman–Crippen MR) is 116 cm³/mol. The molecule has 154 valence electrons. The minimum Gasteiger partial charge on any atom is -0.494 e. The molecule has 3 aromatic rings. The Bertz CT molecular complexity index is 932. The molecule has 0 amide bonds. The topological polar surface area (TPSA) is 61.7 Å². The number of ether oxygens (including phenoxy) is 1. The van der Waals surface area contributed by atoms with Crippen LogP contribution in [0.1, 0.15) is 24.5 Å². The second kappa shape index (κ2) is 9.63. The molecule has 1 aromatic heterocycles. The van der Waals surface area contributed by atoms with Gasteiger partial charge < -0.3 is 9.84 Å². The Morgan fingerprint density at radius 3 is 2.83 bits per heavy atom. The minimum atomic E-state index is 0.207. The summed E-state index contributed by atoms with van der Waals surface area (Å²) in [7, 11) is 0. The zero-order chi connectivity index (χ0) is 20.1. The largest absolute Gasteiger partial charge is 0.494 e. The van der Waals surface area contributed by atoms with Gasteiger partial charge in [-0.15, -0.1) is 0 Å². The Kier molecular flexibility index (Phi) is 6.71. The summed E-state index contributed by atoms with van der Waals surface area (Å²) in [6.45, 7) is 7.58. The second-order valence-electron chi connectivity index (χ2n) is 7.50. The zero-order valence-corrected chi connectivity index (χ0v) is 17.6. The molecule has 2 heterocycles. The van der Waals surface area contributed by atoms with Gasteiger partial charge in [-0.25, -0.2) is 0 Å². The maximum absolute atomic E-state index is 9.63. The van der Waals surface area contributed by atoms with Crippen LogP contribution in [0.15, 0.2) is 42.5 Å². The lowest BCUT2D eigenvalue weighted by molar-refractivity contribution is 0.0494. The minimum absolute atomic E-state index is 0.207. The Morgan fingerprint density at radius 2 is 1.97 bits per heavy atom. The van der Waals surface area contributed by atoms with Gasteiger partial charge in [0.2, 0.25) is 0 Å². The van der Waals surface area contributed by atoms with Crippen molar-refractivity contribution in [3.8, 4) is 5.75 Å². The van der Waals surface area contributed by atoms with E-state index in [9.17, 15) is 5.11 Å². The van der Waals surface area contributed by atoms with Gasteiger partial charge in [0.05, 0.1) is 18.3 Å². The third kappa shape index (κ3) is 4.93. The quantitative estimate of drug-likeness (QED) is 0.613. The highest BCUT2D eigenvalue weighted by Gasteiger charge is 2.27. The number of fused-ring (bicyclic) bond motifs is 1. The van der Waals surface area contributed by atoms with E-state index in [-0.39, 0.29) is 6.61 Å². The standard InChI is InChI=1S/C22H28N4O2S/c1-2-28-22-6-4-3-5-18(22)15-26-11-10-25(16-19(26)9-12-27)14-17-7-8-20-21(13-17)24-29-23-20/h3-8,13,19,27H,2,9-12,14-16H2,1H3/t19-/m0/s1. The molecule has 0 aliphatic carbocycles. The van der Waals surface area contributed by atoms with Crippen molar-refractivity contribution in [1.82, 2.24) is 18.5 Å². The molecule has 1 aliphatic rings. The van der Waals surface area contributed by atoms with Gasteiger partial charge in [0.1, 0.15) is 16.8 Å². The molecule has 0 spiro atoms. The molecule has 0 unspecified atom stereocenters. The fourth-order valence-corrected chi connectivity index (χ4v) is 4.58. The van der Waals surface area contributed by atoms with Crippen LogP contribution in [-0.4, -0.2) is 62.5 Å². The van der Waals surface area contributed by atoms with Crippen LogP contribution in [-0.2, 0) is 13.1 Å². The molecule has 0 radical (unpaired) electrons. The van der Waals surface area contributed by atoms with E-state index in [1.165, 1.54) is 22.9 Å². The Morgan fingerprint density at radius 1 is 1.10 bits per heavy atom. The SMILES string of the molecule is CCOc1ccccc1CN1CCN(Cc2ccc3nsnc3c2)C[C@@H]1CCO. The van der Waals surface area contributed by atoms with Crippen LogP contribution in [0.4, 0.5) is 0 Å². The zero-order valence-electron chi connectivity index (χ0n) is 16.8. The van der Waals surface area contributed by atoms with Crippen LogP contribution >= 0.6 is 11.7 Å². The fraction of sp³-hybridized carbons (Fsp3) is 0.455. The molecule has 1 saturated heterocycles. The molecule has 0 saturated carbocycles. The highest BCUT2D eigenvalue weighted by Crippen LogP contribution is 2.24. The first kappa shape index (κ1) is 20.2. The van der Waals surface area contributed by atoms with Crippen LogP contribution in [0.2, 0.25) is 0 Å². The summed E-state index contributed by atoms with van der Waals surface area (Å²) in [4.78, 5) is 4.96. The number of piperazine rings is 1. The van der Waals surface area contributed by atoms with Crippen LogP contribution in [0.25, 0.3) is 11.0 Å². The van der Waals surface area contributed by atoms with Gasteiger partial charge in [-0.3, -0.25) is 9.80 Å². The van der Waals surface area contributed by atoms with Crippen molar-refractivity contribution < 1.29 is 9.84 Å². The number of aromatic nitrogens is 2. The predicted octanol–water partition coefficient (Wildman–Crippen LogP) is 3.16. The van der Waals surface area contributed by atoms with E-state index in [2.05, 4.69) is 48.9 Å². The number of rotatable bonds is 8. The van der Waals surface area contributed by atoms with Crippen LogP contribution < -0.4 is 4.74 Å². The maximum atomic E-state index is 9.63. The molecule has 1 fully saturated rings. The number of hydrogen-bond donors (Lipinski definition) is 1. The summed E-state index contributed by atoms with van der Waals surface area (Å²) >= 11 is 1.26. The summed E-state index contributed by atoms with van der Waals surface area (Å²) < 4.78 is 14.4. The highest BCUT2D eigenvalue weighted by molar-refractivity contribution is 7.00. The van der Waals surface area contributed by atoms with Crippen LogP contribution in [0.3, 0.4) is 0 Å². The first-order chi connectivity index (χ1) is 14.3. The Hall–Kier alpha value is -2.06. The molecule has 7 heteroatoms. The van der Waals surface area contributed by atoms with Gasteiger partial charge in [0.25, 0.3) is 0 Å². The highest BCUT2D eigenvalue weighted by atomic mass is 32.1. The third-order valence-electron chi connectivity index (χ3n) is 5.52. The number of aliphatic hydroxyl groups excluding tert-OH is 1. The van der Waals surface area contributed by atoms with Gasteiger partial charge in [-0.05, 0) is 37.1 Å². The first-order valence-corrected chi connectivity index (χ1v) is 11.0. The molecule has 0 bridgehead atoms. The summed E-state index contributed by atoms with van der Waals surface area (Å²) in [5.41, 5.74) is 4.43. The van der Waals surface area contributed by atoms with Crippen molar-refractivity contribution in [3.63, 3.8) is 0 Å². The fourth-order valence-electron chi connectivity index (χ4n) is 4.07. The number of hydrogen-bond acceptors (Lipinski definition) is 7. The van der Waals surface area contributed by atoms with Crippen molar-refractivity contribution in [3.05, 3.63) is 53.6 Å². The molecular formula is C22H28N4O2S. The number of para-hydroxylation sites is 1. The molecular weight excluding hydrogens is 384 g/mol. The van der Waals surface area contributed by atoms with Crippen molar-refractivity contribution in [2.75, 3.05) is 32.8 Å². The summed E-state index contributed by atoms with van der Waals surface area (Å²) in [6, 6.07) is 14.9. The molecule has 1 atom stereocenters. The van der Waals surface area contributed by atoms with Crippen molar-refractivity contribution in [2.24, 2.45) is 0 Å². The van der Waals surface area contributed by atoms with Gasteiger partial charge in [-0.2, -0.15) is 8.75 Å². The van der Waals surface area contributed by atoms with Crippen LogP contribution in [0.5, 0.6) is 5.75 Å². The average Bonchev–Trinajstić information content (AvgIpc) is 3.19. The number of benzene rings is 2.